The Balaban J connectivity index is 1.40. The number of nitrogens with one attached hydrogen (secondary N) is 1. The second-order valence-electron chi connectivity index (χ2n) is 7.44. The third kappa shape index (κ3) is 3.95. The van der Waals surface area contributed by atoms with Crippen molar-refractivity contribution in [1.29, 1.82) is 0 Å². The van der Waals surface area contributed by atoms with Gasteiger partial charge in [-0.3, -0.25) is 9.48 Å². The number of aromatic nitrogens is 2. The molecule has 1 N–H and O–H groups in total. The lowest BCUT2D eigenvalue weighted by Gasteiger charge is -2.24. The highest BCUT2D eigenvalue weighted by atomic mass is 16.5. The first-order chi connectivity index (χ1) is 13.5. The summed E-state index contributed by atoms with van der Waals surface area (Å²) >= 11 is 0. The van der Waals surface area contributed by atoms with Crippen LogP contribution in [0.1, 0.15) is 24.8 Å². The van der Waals surface area contributed by atoms with Gasteiger partial charge in [0.25, 0.3) is 0 Å². The molecule has 1 aromatic carbocycles. The zero-order chi connectivity index (χ0) is 19.7. The van der Waals surface area contributed by atoms with Crippen molar-refractivity contribution in [3.05, 3.63) is 42.2 Å². The highest BCUT2D eigenvalue weighted by Gasteiger charge is 2.36. The van der Waals surface area contributed by atoms with Crippen LogP contribution in [0.5, 0.6) is 5.75 Å². The molecule has 0 spiro atoms. The van der Waals surface area contributed by atoms with Crippen molar-refractivity contribution < 1.29 is 14.3 Å². The summed E-state index contributed by atoms with van der Waals surface area (Å²) in [6.45, 7) is 0.994. The molecule has 0 radical (unpaired) electrons. The van der Waals surface area contributed by atoms with Gasteiger partial charge in [0.1, 0.15) is 5.75 Å². The van der Waals surface area contributed by atoms with Gasteiger partial charge in [-0.2, -0.15) is 5.10 Å². The van der Waals surface area contributed by atoms with Crippen LogP contribution in [0.3, 0.4) is 0 Å². The minimum absolute atomic E-state index is 0.00350. The minimum Gasteiger partial charge on any atom is -0.497 e. The van der Waals surface area contributed by atoms with Gasteiger partial charge in [-0.15, -0.1) is 0 Å². The first-order valence-corrected chi connectivity index (χ1v) is 9.52. The van der Waals surface area contributed by atoms with Gasteiger partial charge in [-0.25, -0.2) is 4.79 Å². The fourth-order valence-corrected chi connectivity index (χ4v) is 3.59. The number of hydrogen-bond acceptors (Lipinski definition) is 4. The van der Waals surface area contributed by atoms with Crippen LogP contribution in [-0.2, 0) is 18.4 Å². The number of ether oxygens (including phenoxy) is 1. The maximum absolute atomic E-state index is 12.9. The lowest BCUT2D eigenvalue weighted by atomic mass is 10.2. The smallest absolute Gasteiger partial charge is 0.318 e. The number of carbonyl (C=O) groups is 2. The number of benzene rings is 1. The molecule has 1 saturated carbocycles. The molecule has 1 atom stereocenters. The zero-order valence-electron chi connectivity index (χ0n) is 16.2. The first-order valence-electron chi connectivity index (χ1n) is 9.52. The van der Waals surface area contributed by atoms with Gasteiger partial charge in [0.05, 0.1) is 25.9 Å². The molecule has 1 aliphatic heterocycles. The molecule has 1 saturated heterocycles. The monoisotopic (exact) mass is 383 g/mol. The summed E-state index contributed by atoms with van der Waals surface area (Å²) in [7, 11) is 3.46. The van der Waals surface area contributed by atoms with Crippen molar-refractivity contribution in [1.82, 2.24) is 20.0 Å². The molecule has 8 heteroatoms. The molecule has 2 heterocycles. The van der Waals surface area contributed by atoms with Crippen molar-refractivity contribution in [2.24, 2.45) is 7.05 Å². The molecule has 3 amide bonds. The van der Waals surface area contributed by atoms with Crippen LogP contribution in [-0.4, -0.2) is 52.4 Å². The highest BCUT2D eigenvalue weighted by Crippen LogP contribution is 2.29. The zero-order valence-corrected chi connectivity index (χ0v) is 16.2. The van der Waals surface area contributed by atoms with Gasteiger partial charge in [-0.05, 0) is 25.0 Å². The van der Waals surface area contributed by atoms with Gasteiger partial charge in [0.2, 0.25) is 5.91 Å². The van der Waals surface area contributed by atoms with E-state index < -0.39 is 0 Å². The lowest BCUT2D eigenvalue weighted by Crippen LogP contribution is -2.46. The molecule has 148 valence electrons. The molecule has 0 bridgehead atoms. The number of carbonyl (C=O) groups excluding carboxylic acids is 2. The number of rotatable bonds is 6. The van der Waals surface area contributed by atoms with Crippen molar-refractivity contribution in [2.45, 2.75) is 37.9 Å². The summed E-state index contributed by atoms with van der Waals surface area (Å²) in [5.74, 6) is 0.706. The van der Waals surface area contributed by atoms with E-state index in [1.807, 2.05) is 42.4 Å². The second-order valence-corrected chi connectivity index (χ2v) is 7.44. The Morgan fingerprint density at radius 3 is 2.89 bits per heavy atom. The predicted molar refractivity (Wildman–Crippen MR) is 104 cm³/mol. The number of nitrogens with zero attached hydrogens (tertiary/aromatic N) is 4. The van der Waals surface area contributed by atoms with Crippen LogP contribution < -0.4 is 15.0 Å². The maximum atomic E-state index is 12.9. The van der Waals surface area contributed by atoms with Crippen LogP contribution in [0.4, 0.5) is 10.5 Å². The van der Waals surface area contributed by atoms with Gasteiger partial charge in [0, 0.05) is 49.6 Å². The molecule has 2 fully saturated rings. The van der Waals surface area contributed by atoms with Crippen molar-refractivity contribution >= 4 is 17.6 Å². The number of amides is 3. The van der Waals surface area contributed by atoms with Crippen LogP contribution in [0, 0.1) is 0 Å². The van der Waals surface area contributed by atoms with E-state index in [0.29, 0.717) is 25.3 Å². The molecule has 4 rings (SSSR count). The quantitative estimate of drug-likeness (QED) is 0.826. The Bertz CT molecular complexity index is 876. The molecule has 1 aromatic heterocycles. The third-order valence-corrected chi connectivity index (χ3v) is 5.18. The van der Waals surface area contributed by atoms with Gasteiger partial charge >= 0.3 is 6.03 Å². The van der Waals surface area contributed by atoms with Gasteiger partial charge in [0.15, 0.2) is 0 Å². The van der Waals surface area contributed by atoms with Crippen LogP contribution in [0.2, 0.25) is 0 Å². The molecule has 0 unspecified atom stereocenters. The highest BCUT2D eigenvalue weighted by molar-refractivity contribution is 5.97. The minimum atomic E-state index is -0.207. The summed E-state index contributed by atoms with van der Waals surface area (Å²) in [6, 6.07) is 7.36. The third-order valence-electron chi connectivity index (χ3n) is 5.18. The van der Waals surface area contributed by atoms with Gasteiger partial charge < -0.3 is 19.9 Å². The van der Waals surface area contributed by atoms with Crippen LogP contribution in [0.25, 0.3) is 0 Å². The number of aryl methyl sites for hydroxylation is 1. The number of anilines is 1. The lowest BCUT2D eigenvalue weighted by molar-refractivity contribution is -0.117. The summed E-state index contributed by atoms with van der Waals surface area (Å²) < 4.78 is 6.98. The normalized spacial score (nSPS) is 19.0. The molecule has 2 aliphatic rings. The Labute approximate surface area is 164 Å². The molecular weight excluding hydrogens is 358 g/mol. The fraction of sp³-hybridized carbons (Fsp3) is 0.450. The largest absolute Gasteiger partial charge is 0.497 e. The van der Waals surface area contributed by atoms with Crippen molar-refractivity contribution in [3.63, 3.8) is 0 Å². The van der Waals surface area contributed by atoms with E-state index in [1.165, 1.54) is 0 Å². The van der Waals surface area contributed by atoms with Crippen molar-refractivity contribution in [3.8, 4) is 5.75 Å². The van der Waals surface area contributed by atoms with Gasteiger partial charge in [-0.1, -0.05) is 6.07 Å². The van der Waals surface area contributed by atoms with E-state index in [2.05, 4.69) is 10.4 Å². The van der Waals surface area contributed by atoms with E-state index >= 15 is 0 Å². The van der Waals surface area contributed by atoms with Crippen LogP contribution in [0.15, 0.2) is 36.7 Å². The molecular formula is C20H25N5O3. The van der Waals surface area contributed by atoms with Crippen molar-refractivity contribution in [2.75, 3.05) is 18.6 Å². The summed E-state index contributed by atoms with van der Waals surface area (Å²) in [6.07, 6.45) is 6.05. The predicted octanol–water partition coefficient (Wildman–Crippen LogP) is 1.91. The Kier molecular flexibility index (Phi) is 4.93. The fourth-order valence-electron chi connectivity index (χ4n) is 3.59. The summed E-state index contributed by atoms with van der Waals surface area (Å²) in [5, 5.41) is 7.23. The average Bonchev–Trinajstić information content (AvgIpc) is 3.34. The van der Waals surface area contributed by atoms with E-state index in [4.69, 9.17) is 4.74 Å². The first kappa shape index (κ1) is 18.3. The van der Waals surface area contributed by atoms with E-state index in [1.54, 1.807) is 22.9 Å². The summed E-state index contributed by atoms with van der Waals surface area (Å²) in [5.41, 5.74) is 1.79. The maximum Gasteiger partial charge on any atom is 0.318 e. The number of hydrogen-bond donors (Lipinski definition) is 1. The topological polar surface area (TPSA) is 79.7 Å². The standard InChI is InChI=1S/C20H25N5O3/c1-23-11-14(10-21-23)12-25(16-6-7-16)20(27)22-15-8-19(26)24(13-15)17-4-3-5-18(9-17)28-2/h3-5,9-11,15-16H,6-8,12-13H2,1-2H3,(H,22,27)/t15-/m0/s1. The molecule has 28 heavy (non-hydrogen) atoms. The van der Waals surface area contributed by atoms with E-state index in [9.17, 15) is 9.59 Å². The SMILES string of the molecule is COc1cccc(N2C[C@@H](NC(=O)N(Cc3cnn(C)c3)C3CC3)CC2=O)c1. The van der Waals surface area contributed by atoms with E-state index in [-0.39, 0.29) is 24.0 Å². The van der Waals surface area contributed by atoms with E-state index in [0.717, 1.165) is 24.1 Å². The Morgan fingerprint density at radius 1 is 1.39 bits per heavy atom. The number of methoxy groups -OCH3 is 1. The Morgan fingerprint density at radius 2 is 2.21 bits per heavy atom. The molecule has 8 nitrogen and oxygen atoms in total. The van der Waals surface area contributed by atoms with Crippen LogP contribution >= 0.6 is 0 Å². The Hall–Kier alpha value is -3.03. The average molecular weight is 383 g/mol. The molecule has 2 aromatic rings. The number of urea groups is 1. The second kappa shape index (κ2) is 7.53. The molecule has 1 aliphatic carbocycles. The summed E-state index contributed by atoms with van der Waals surface area (Å²) in [4.78, 5) is 28.9.